The third-order valence-electron chi connectivity index (χ3n) is 3.39. The fourth-order valence-corrected chi connectivity index (χ4v) is 2.74. The summed E-state index contributed by atoms with van der Waals surface area (Å²) >= 11 is 8.65. The monoisotopic (exact) mass is 401 g/mol. The number of hydrazone groups is 1. The Hall–Kier alpha value is -1.38. The molecule has 6 nitrogen and oxygen atoms in total. The molecule has 0 saturated carbocycles. The average molecular weight is 402 g/mol. The summed E-state index contributed by atoms with van der Waals surface area (Å²) in [6.07, 6.45) is 4.07. The SMILES string of the molecule is COc1cc(Br)c(/C=N\NC(=S)NC[C@H]2CCCO2)cc1OC. The smallest absolute Gasteiger partial charge is 0.187 e. The van der Waals surface area contributed by atoms with Crippen LogP contribution in [0.5, 0.6) is 11.5 Å². The topological polar surface area (TPSA) is 64.1 Å². The molecule has 126 valence electrons. The number of rotatable bonds is 6. The fourth-order valence-electron chi connectivity index (χ4n) is 2.18. The van der Waals surface area contributed by atoms with Crippen molar-refractivity contribution >= 4 is 39.5 Å². The molecule has 1 heterocycles. The first kappa shape index (κ1) is 18.0. The van der Waals surface area contributed by atoms with Gasteiger partial charge in [0, 0.05) is 23.2 Å². The quantitative estimate of drug-likeness (QED) is 0.433. The summed E-state index contributed by atoms with van der Waals surface area (Å²) in [5.74, 6) is 1.29. The average Bonchev–Trinajstić information content (AvgIpc) is 3.07. The maximum atomic E-state index is 5.52. The third-order valence-corrected chi connectivity index (χ3v) is 4.31. The minimum atomic E-state index is 0.235. The van der Waals surface area contributed by atoms with Crippen molar-refractivity contribution in [3.05, 3.63) is 22.2 Å². The number of hydrogen-bond donors (Lipinski definition) is 2. The molecule has 23 heavy (non-hydrogen) atoms. The van der Waals surface area contributed by atoms with Crippen molar-refractivity contribution in [3.8, 4) is 11.5 Å². The molecular formula is C15H20BrN3O3S. The van der Waals surface area contributed by atoms with Gasteiger partial charge in [-0.3, -0.25) is 5.43 Å². The predicted octanol–water partition coefficient (Wildman–Crippen LogP) is 2.44. The minimum Gasteiger partial charge on any atom is -0.493 e. The summed E-state index contributed by atoms with van der Waals surface area (Å²) in [5.41, 5.74) is 3.63. The van der Waals surface area contributed by atoms with Gasteiger partial charge in [0.25, 0.3) is 0 Å². The standard InChI is InChI=1S/C15H20BrN3O3S/c1-20-13-6-10(12(16)7-14(13)21-2)8-18-19-15(23)17-9-11-4-3-5-22-11/h6-8,11H,3-5,9H2,1-2H3,(H2,17,19,23)/b18-8-/t11-/m1/s1. The lowest BCUT2D eigenvalue weighted by atomic mass is 10.2. The van der Waals surface area contributed by atoms with Crippen LogP contribution in [-0.2, 0) is 4.74 Å². The van der Waals surface area contributed by atoms with E-state index >= 15 is 0 Å². The van der Waals surface area contributed by atoms with Crippen LogP contribution in [0, 0.1) is 0 Å². The summed E-state index contributed by atoms with van der Waals surface area (Å²) in [6.45, 7) is 1.53. The molecule has 1 aromatic rings. The van der Waals surface area contributed by atoms with E-state index in [9.17, 15) is 0 Å². The van der Waals surface area contributed by atoms with Gasteiger partial charge in [-0.15, -0.1) is 0 Å². The van der Waals surface area contributed by atoms with Crippen LogP contribution >= 0.6 is 28.1 Å². The van der Waals surface area contributed by atoms with Crippen molar-refractivity contribution in [2.24, 2.45) is 5.10 Å². The van der Waals surface area contributed by atoms with E-state index in [1.807, 2.05) is 12.1 Å². The Kier molecular flexibility index (Phi) is 7.07. The third kappa shape index (κ3) is 5.33. The van der Waals surface area contributed by atoms with Crippen LogP contribution < -0.4 is 20.2 Å². The molecule has 1 aliphatic rings. The first-order valence-electron chi connectivity index (χ1n) is 7.24. The second kappa shape index (κ2) is 9.05. The van der Waals surface area contributed by atoms with Crippen LogP contribution in [0.3, 0.4) is 0 Å². The molecule has 1 saturated heterocycles. The molecule has 0 spiro atoms. The van der Waals surface area contributed by atoms with Crippen LogP contribution in [-0.4, -0.2) is 44.8 Å². The first-order valence-corrected chi connectivity index (χ1v) is 8.44. The highest BCUT2D eigenvalue weighted by atomic mass is 79.9. The summed E-state index contributed by atoms with van der Waals surface area (Å²) < 4.78 is 16.9. The number of nitrogens with one attached hydrogen (secondary N) is 2. The van der Waals surface area contributed by atoms with Crippen LogP contribution in [0.4, 0.5) is 0 Å². The highest BCUT2D eigenvalue weighted by Crippen LogP contribution is 2.32. The second-order valence-electron chi connectivity index (χ2n) is 4.94. The van der Waals surface area contributed by atoms with Gasteiger partial charge in [-0.05, 0) is 53.1 Å². The maximum Gasteiger partial charge on any atom is 0.187 e. The Morgan fingerprint density at radius 1 is 1.43 bits per heavy atom. The highest BCUT2D eigenvalue weighted by molar-refractivity contribution is 9.10. The van der Waals surface area contributed by atoms with Crippen molar-refractivity contribution in [2.75, 3.05) is 27.4 Å². The molecule has 0 unspecified atom stereocenters. The number of methoxy groups -OCH3 is 2. The summed E-state index contributed by atoms with van der Waals surface area (Å²) in [6, 6.07) is 3.66. The first-order chi connectivity index (χ1) is 11.1. The van der Waals surface area contributed by atoms with Gasteiger partial charge in [0.15, 0.2) is 16.6 Å². The molecule has 0 radical (unpaired) electrons. The number of halogens is 1. The summed E-state index contributed by atoms with van der Waals surface area (Å²) in [7, 11) is 3.19. The molecule has 0 aromatic heterocycles. The summed E-state index contributed by atoms with van der Waals surface area (Å²) in [4.78, 5) is 0. The Labute approximate surface area is 149 Å². The van der Waals surface area contributed by atoms with E-state index in [4.69, 9.17) is 26.4 Å². The lowest BCUT2D eigenvalue weighted by Gasteiger charge is -2.12. The Bertz CT molecular complexity index is 577. The van der Waals surface area contributed by atoms with Crippen molar-refractivity contribution < 1.29 is 14.2 Å². The van der Waals surface area contributed by atoms with Crippen molar-refractivity contribution in [1.29, 1.82) is 0 Å². The van der Waals surface area contributed by atoms with Crippen LogP contribution in [0.25, 0.3) is 0 Å². The lowest BCUT2D eigenvalue weighted by Crippen LogP contribution is -2.37. The van der Waals surface area contributed by atoms with E-state index in [2.05, 4.69) is 31.8 Å². The Morgan fingerprint density at radius 2 is 2.17 bits per heavy atom. The van der Waals surface area contributed by atoms with Gasteiger partial charge < -0.3 is 19.5 Å². The van der Waals surface area contributed by atoms with E-state index in [-0.39, 0.29) is 6.10 Å². The van der Waals surface area contributed by atoms with Crippen LogP contribution in [0.1, 0.15) is 18.4 Å². The van der Waals surface area contributed by atoms with E-state index < -0.39 is 0 Å². The Morgan fingerprint density at radius 3 is 2.83 bits per heavy atom. The van der Waals surface area contributed by atoms with E-state index in [1.54, 1.807) is 20.4 Å². The lowest BCUT2D eigenvalue weighted by molar-refractivity contribution is 0.114. The van der Waals surface area contributed by atoms with Gasteiger partial charge in [-0.25, -0.2) is 0 Å². The number of benzene rings is 1. The summed E-state index contributed by atoms with van der Waals surface area (Å²) in [5, 5.41) is 7.69. The molecule has 1 aromatic carbocycles. The van der Waals surface area contributed by atoms with Gasteiger partial charge in [0.2, 0.25) is 0 Å². The molecule has 1 aliphatic heterocycles. The molecular weight excluding hydrogens is 382 g/mol. The second-order valence-corrected chi connectivity index (χ2v) is 6.21. The van der Waals surface area contributed by atoms with Crippen molar-refractivity contribution in [1.82, 2.24) is 10.7 Å². The molecule has 1 atom stereocenters. The zero-order valence-corrected chi connectivity index (χ0v) is 15.5. The minimum absolute atomic E-state index is 0.235. The zero-order chi connectivity index (χ0) is 16.7. The molecule has 0 aliphatic carbocycles. The van der Waals surface area contributed by atoms with E-state index in [0.717, 1.165) is 29.5 Å². The maximum absolute atomic E-state index is 5.52. The number of ether oxygens (including phenoxy) is 3. The molecule has 8 heteroatoms. The van der Waals surface area contributed by atoms with Crippen LogP contribution in [0.2, 0.25) is 0 Å². The molecule has 1 fully saturated rings. The number of nitrogens with zero attached hydrogens (tertiary/aromatic N) is 1. The predicted molar refractivity (Wildman–Crippen MR) is 97.6 cm³/mol. The number of hydrogen-bond acceptors (Lipinski definition) is 5. The van der Waals surface area contributed by atoms with E-state index in [0.29, 0.717) is 23.2 Å². The van der Waals surface area contributed by atoms with Gasteiger partial charge in [-0.1, -0.05) is 0 Å². The molecule has 2 N–H and O–H groups in total. The van der Waals surface area contributed by atoms with Gasteiger partial charge in [0.1, 0.15) is 0 Å². The fraction of sp³-hybridized carbons (Fsp3) is 0.467. The zero-order valence-electron chi connectivity index (χ0n) is 13.1. The molecule has 2 rings (SSSR count). The Balaban J connectivity index is 1.88. The number of thiocarbonyl (C=S) groups is 1. The van der Waals surface area contributed by atoms with E-state index in [1.165, 1.54) is 0 Å². The molecule has 0 amide bonds. The van der Waals surface area contributed by atoms with Gasteiger partial charge in [0.05, 0.1) is 26.5 Å². The van der Waals surface area contributed by atoms with Crippen molar-refractivity contribution in [3.63, 3.8) is 0 Å². The largest absolute Gasteiger partial charge is 0.493 e. The van der Waals surface area contributed by atoms with Gasteiger partial charge >= 0.3 is 0 Å². The normalized spacial score (nSPS) is 17.3. The highest BCUT2D eigenvalue weighted by Gasteiger charge is 2.15. The van der Waals surface area contributed by atoms with Crippen molar-refractivity contribution in [2.45, 2.75) is 18.9 Å². The van der Waals surface area contributed by atoms with Crippen LogP contribution in [0.15, 0.2) is 21.7 Å². The molecule has 0 bridgehead atoms. The van der Waals surface area contributed by atoms with Gasteiger partial charge in [-0.2, -0.15) is 5.10 Å².